The van der Waals surface area contributed by atoms with Gasteiger partial charge in [0.05, 0.1) is 57.9 Å². The third kappa shape index (κ3) is 9.63. The second-order valence-electron chi connectivity index (χ2n) is 11.6. The fraction of sp³-hybridized carbons (Fsp3) is 0.333. The van der Waals surface area contributed by atoms with E-state index in [4.69, 9.17) is 65.4 Å². The molecule has 2 heterocycles. The van der Waals surface area contributed by atoms with Gasteiger partial charge in [0.15, 0.2) is 23.0 Å². The molecule has 0 unspecified atom stereocenters. The molecule has 2 N–H and O–H groups in total. The molecule has 0 radical (unpaired) electrons. The molecular formula is C36H36Cl4N4O6. The van der Waals surface area contributed by atoms with Gasteiger partial charge >= 0.3 is 0 Å². The van der Waals surface area contributed by atoms with Gasteiger partial charge in [0.2, 0.25) is 0 Å². The van der Waals surface area contributed by atoms with Crippen LogP contribution in [-0.4, -0.2) is 48.2 Å². The summed E-state index contributed by atoms with van der Waals surface area (Å²) in [5.74, 6) is 1.65. The number of benzene rings is 2. The molecule has 264 valence electrons. The maximum absolute atomic E-state index is 12.6. The molecule has 2 amide bonds. The van der Waals surface area contributed by atoms with Gasteiger partial charge in [-0.2, -0.15) is 0 Å². The second-order valence-corrected chi connectivity index (χ2v) is 13.3. The summed E-state index contributed by atoms with van der Waals surface area (Å²) in [6.45, 7) is 0. The van der Waals surface area contributed by atoms with Gasteiger partial charge in [-0.15, -0.1) is 0 Å². The zero-order chi connectivity index (χ0) is 35.6. The topological polar surface area (TPSA) is 121 Å². The van der Waals surface area contributed by atoms with Crippen LogP contribution in [0.15, 0.2) is 61.2 Å². The van der Waals surface area contributed by atoms with E-state index < -0.39 is 0 Å². The second kappa shape index (κ2) is 17.8. The number of halogens is 4. The van der Waals surface area contributed by atoms with Crippen molar-refractivity contribution in [2.75, 3.05) is 24.9 Å². The summed E-state index contributed by atoms with van der Waals surface area (Å²) in [6, 6.07) is 10.1. The summed E-state index contributed by atoms with van der Waals surface area (Å²) in [4.78, 5) is 32.9. The summed E-state index contributed by atoms with van der Waals surface area (Å²) >= 11 is 24.2. The highest BCUT2D eigenvalue weighted by Crippen LogP contribution is 2.35. The van der Waals surface area contributed by atoms with Crippen LogP contribution in [0.3, 0.4) is 0 Å². The van der Waals surface area contributed by atoms with E-state index in [1.165, 1.54) is 24.8 Å². The van der Waals surface area contributed by atoms with E-state index in [-0.39, 0.29) is 44.1 Å². The highest BCUT2D eigenvalue weighted by molar-refractivity contribution is 6.40. The van der Waals surface area contributed by atoms with Crippen LogP contribution >= 0.6 is 46.4 Å². The Hall–Kier alpha value is -3.96. The molecule has 2 aliphatic rings. The molecule has 2 fully saturated rings. The highest BCUT2D eigenvalue weighted by atomic mass is 35.5. The van der Waals surface area contributed by atoms with Crippen LogP contribution in [0.25, 0.3) is 0 Å². The summed E-state index contributed by atoms with van der Waals surface area (Å²) in [6.07, 6.45) is 14.7. The zero-order valence-electron chi connectivity index (χ0n) is 27.4. The maximum Gasteiger partial charge on any atom is 0.255 e. The predicted molar refractivity (Wildman–Crippen MR) is 196 cm³/mol. The van der Waals surface area contributed by atoms with E-state index in [9.17, 15) is 9.59 Å². The minimum atomic E-state index is -0.339. The first-order valence-corrected chi connectivity index (χ1v) is 17.6. The lowest BCUT2D eigenvalue weighted by Crippen LogP contribution is -2.15. The molecule has 50 heavy (non-hydrogen) atoms. The van der Waals surface area contributed by atoms with Gasteiger partial charge in [0, 0.05) is 35.9 Å². The third-order valence-electron chi connectivity index (χ3n) is 8.23. The Bertz CT molecular complexity index is 1640. The number of anilines is 2. The Morgan fingerprint density at radius 1 is 0.580 bits per heavy atom. The van der Waals surface area contributed by atoms with Crippen LogP contribution in [0.4, 0.5) is 11.4 Å². The number of carbonyl (C=O) groups excluding carboxylic acids is 2. The SMILES string of the molecule is COc1ccc(C(=O)Nc2c(Cl)cncc2Cl)cc1OC1CCCC1.COc1ccc(C(=O)Nc2c(Cl)cncc2Cl)cc1OC1CCCC1. The van der Waals surface area contributed by atoms with Crippen LogP contribution < -0.4 is 29.6 Å². The minimum Gasteiger partial charge on any atom is -0.493 e. The zero-order valence-corrected chi connectivity index (χ0v) is 30.5. The average molecular weight is 763 g/mol. The fourth-order valence-electron chi connectivity index (χ4n) is 5.62. The number of ether oxygens (including phenoxy) is 4. The normalized spacial score (nSPS) is 14.4. The number of nitrogens with zero attached hydrogens (tertiary/aromatic N) is 2. The molecule has 2 aromatic heterocycles. The van der Waals surface area contributed by atoms with Crippen LogP contribution in [-0.2, 0) is 0 Å². The van der Waals surface area contributed by atoms with E-state index >= 15 is 0 Å². The lowest BCUT2D eigenvalue weighted by atomic mass is 10.1. The molecule has 2 aliphatic carbocycles. The van der Waals surface area contributed by atoms with Crippen molar-refractivity contribution in [3.8, 4) is 23.0 Å². The number of hydrogen-bond acceptors (Lipinski definition) is 8. The molecule has 0 bridgehead atoms. The first-order chi connectivity index (χ1) is 24.2. The van der Waals surface area contributed by atoms with Gasteiger partial charge in [0.25, 0.3) is 11.8 Å². The van der Waals surface area contributed by atoms with Crippen LogP contribution in [0.1, 0.15) is 72.1 Å². The van der Waals surface area contributed by atoms with E-state index in [0.29, 0.717) is 45.5 Å². The van der Waals surface area contributed by atoms with Gasteiger partial charge in [-0.25, -0.2) is 0 Å². The standard InChI is InChI=1S/2C18H18Cl2N2O3/c2*1-24-15-7-6-11(8-16(15)25-12-4-2-3-5-12)18(23)22-17-13(19)9-21-10-14(17)20/h2*6-10,12H,2-5H2,1H3,(H,21,22,23). The molecule has 2 saturated carbocycles. The van der Waals surface area contributed by atoms with Gasteiger partial charge < -0.3 is 29.6 Å². The fourth-order valence-corrected chi connectivity index (χ4v) is 6.54. The maximum atomic E-state index is 12.6. The molecule has 6 rings (SSSR count). The van der Waals surface area contributed by atoms with E-state index in [0.717, 1.165) is 51.4 Å². The Morgan fingerprint density at radius 3 is 1.24 bits per heavy atom. The van der Waals surface area contributed by atoms with Crippen molar-refractivity contribution >= 4 is 69.6 Å². The third-order valence-corrected chi connectivity index (χ3v) is 9.37. The number of amides is 2. The van der Waals surface area contributed by atoms with Gasteiger partial charge in [-0.1, -0.05) is 46.4 Å². The van der Waals surface area contributed by atoms with E-state index in [1.54, 1.807) is 50.6 Å². The van der Waals surface area contributed by atoms with Crippen LogP contribution in [0.5, 0.6) is 23.0 Å². The minimum absolute atomic E-state index is 0.163. The summed E-state index contributed by atoms with van der Waals surface area (Å²) in [7, 11) is 3.15. The van der Waals surface area contributed by atoms with Crippen molar-refractivity contribution in [1.82, 2.24) is 9.97 Å². The van der Waals surface area contributed by atoms with Gasteiger partial charge in [-0.3, -0.25) is 19.6 Å². The Balaban J connectivity index is 0.000000194. The first kappa shape index (κ1) is 37.3. The molecule has 2 aromatic carbocycles. The van der Waals surface area contributed by atoms with Crippen molar-refractivity contribution in [2.45, 2.75) is 63.6 Å². The lowest BCUT2D eigenvalue weighted by molar-refractivity contribution is 0.101. The lowest BCUT2D eigenvalue weighted by Gasteiger charge is -2.17. The summed E-state index contributed by atoms with van der Waals surface area (Å²) < 4.78 is 22.7. The number of nitrogens with one attached hydrogen (secondary N) is 2. The predicted octanol–water partition coefficient (Wildman–Crippen LogP) is 9.94. The Morgan fingerprint density at radius 2 is 0.920 bits per heavy atom. The number of pyridine rings is 2. The quantitative estimate of drug-likeness (QED) is 0.164. The highest BCUT2D eigenvalue weighted by Gasteiger charge is 2.22. The molecule has 0 spiro atoms. The average Bonchev–Trinajstić information content (AvgIpc) is 3.83. The smallest absolute Gasteiger partial charge is 0.255 e. The molecule has 10 nitrogen and oxygen atoms in total. The van der Waals surface area contributed by atoms with Crippen molar-refractivity contribution in [1.29, 1.82) is 0 Å². The number of carbonyl (C=O) groups is 2. The largest absolute Gasteiger partial charge is 0.493 e. The van der Waals surface area contributed by atoms with Crippen LogP contribution in [0.2, 0.25) is 20.1 Å². The van der Waals surface area contributed by atoms with E-state index in [2.05, 4.69) is 20.6 Å². The first-order valence-electron chi connectivity index (χ1n) is 16.1. The number of methoxy groups -OCH3 is 2. The number of aromatic nitrogens is 2. The number of hydrogen-bond donors (Lipinski definition) is 2. The molecular weight excluding hydrogens is 726 g/mol. The van der Waals surface area contributed by atoms with Crippen molar-refractivity contribution in [3.63, 3.8) is 0 Å². The monoisotopic (exact) mass is 760 g/mol. The van der Waals surface area contributed by atoms with Crippen LogP contribution in [0, 0.1) is 0 Å². The van der Waals surface area contributed by atoms with Crippen molar-refractivity contribution in [2.24, 2.45) is 0 Å². The van der Waals surface area contributed by atoms with Crippen molar-refractivity contribution < 1.29 is 28.5 Å². The molecule has 0 atom stereocenters. The summed E-state index contributed by atoms with van der Waals surface area (Å²) in [5.41, 5.74) is 1.52. The molecule has 14 heteroatoms. The molecule has 0 saturated heterocycles. The van der Waals surface area contributed by atoms with Gasteiger partial charge in [0.1, 0.15) is 0 Å². The van der Waals surface area contributed by atoms with Gasteiger partial charge in [-0.05, 0) is 87.8 Å². The number of rotatable bonds is 10. The molecule has 0 aliphatic heterocycles. The Labute approximate surface area is 310 Å². The Kier molecular flexibility index (Phi) is 13.3. The summed E-state index contributed by atoms with van der Waals surface area (Å²) in [5, 5.41) is 6.53. The van der Waals surface area contributed by atoms with E-state index in [1.807, 2.05) is 0 Å². The molecule has 4 aromatic rings. The van der Waals surface area contributed by atoms with Crippen molar-refractivity contribution in [3.05, 3.63) is 92.4 Å².